The Morgan fingerprint density at radius 1 is 1.12 bits per heavy atom. The molecule has 1 atom stereocenters. The van der Waals surface area contributed by atoms with Crippen molar-refractivity contribution >= 4 is 11.5 Å². The minimum Gasteiger partial charge on any atom is -0.358 e. The molecule has 0 spiro atoms. The van der Waals surface area contributed by atoms with E-state index in [0.717, 1.165) is 17.0 Å². The van der Waals surface area contributed by atoms with Crippen LogP contribution in [0, 0.1) is 5.92 Å². The smallest absolute Gasteiger partial charge is 0.164 e. The van der Waals surface area contributed by atoms with Gasteiger partial charge >= 0.3 is 0 Å². The monoisotopic (exact) mass is 213 g/mol. The number of para-hydroxylation sites is 1. The third-order valence-corrected chi connectivity index (χ3v) is 2.84. The van der Waals surface area contributed by atoms with E-state index >= 15 is 0 Å². The van der Waals surface area contributed by atoms with Crippen molar-refractivity contribution in [1.29, 1.82) is 0 Å². The molecule has 1 aliphatic carbocycles. The molecule has 0 radical (unpaired) electrons. The van der Waals surface area contributed by atoms with Crippen molar-refractivity contribution in [3.05, 3.63) is 53.8 Å². The maximum absolute atomic E-state index is 11.6. The van der Waals surface area contributed by atoms with Gasteiger partial charge in [0.15, 0.2) is 5.78 Å². The Morgan fingerprint density at radius 3 is 2.50 bits per heavy atom. The van der Waals surface area contributed by atoms with Crippen LogP contribution < -0.4 is 5.32 Å². The molecule has 0 bridgehead atoms. The zero-order valence-corrected chi connectivity index (χ0v) is 9.53. The van der Waals surface area contributed by atoms with Gasteiger partial charge in [-0.25, -0.2) is 0 Å². The zero-order valence-electron chi connectivity index (χ0n) is 9.53. The summed E-state index contributed by atoms with van der Waals surface area (Å²) in [5.74, 6) is 0.0780. The minimum absolute atomic E-state index is 0.0785. The second-order valence-corrected chi connectivity index (χ2v) is 4.05. The molecule has 0 aliphatic heterocycles. The highest BCUT2D eigenvalue weighted by atomic mass is 16.1. The first kappa shape index (κ1) is 10.7. The molecule has 1 unspecified atom stereocenters. The largest absolute Gasteiger partial charge is 0.358 e. The lowest BCUT2D eigenvalue weighted by Gasteiger charge is -2.21. The van der Waals surface area contributed by atoms with Gasteiger partial charge in [0.1, 0.15) is 0 Å². The summed E-state index contributed by atoms with van der Waals surface area (Å²) < 4.78 is 0. The van der Waals surface area contributed by atoms with Gasteiger partial charge in [0.05, 0.1) is 5.92 Å². The van der Waals surface area contributed by atoms with Crippen LogP contribution in [-0.2, 0) is 4.79 Å². The van der Waals surface area contributed by atoms with Gasteiger partial charge in [-0.3, -0.25) is 4.79 Å². The molecule has 2 heteroatoms. The molecule has 1 aromatic rings. The molecule has 1 N–H and O–H groups in total. The van der Waals surface area contributed by atoms with Gasteiger partial charge in [0, 0.05) is 11.4 Å². The van der Waals surface area contributed by atoms with E-state index in [9.17, 15) is 4.79 Å². The van der Waals surface area contributed by atoms with Crippen LogP contribution in [0.2, 0.25) is 0 Å². The summed E-state index contributed by atoms with van der Waals surface area (Å²) in [6.07, 6.45) is 3.52. The Labute approximate surface area is 95.7 Å². The summed E-state index contributed by atoms with van der Waals surface area (Å²) in [5, 5.41) is 3.32. The minimum atomic E-state index is -0.0785. The molecule has 0 saturated carbocycles. The Kier molecular flexibility index (Phi) is 2.91. The van der Waals surface area contributed by atoms with Crippen LogP contribution in [0.5, 0.6) is 0 Å². The van der Waals surface area contributed by atoms with Gasteiger partial charge in [-0.05, 0) is 37.6 Å². The summed E-state index contributed by atoms with van der Waals surface area (Å²) in [6.45, 7) is 3.95. The van der Waals surface area contributed by atoms with Gasteiger partial charge < -0.3 is 5.32 Å². The van der Waals surface area contributed by atoms with E-state index in [1.54, 1.807) is 6.08 Å². The molecule has 2 nitrogen and oxygen atoms in total. The van der Waals surface area contributed by atoms with E-state index in [1.807, 2.05) is 50.3 Å². The molecular weight excluding hydrogens is 198 g/mol. The highest BCUT2D eigenvalue weighted by Gasteiger charge is 2.20. The summed E-state index contributed by atoms with van der Waals surface area (Å²) in [5.41, 5.74) is 3.14. The number of hydrogen-bond acceptors (Lipinski definition) is 2. The second kappa shape index (κ2) is 4.35. The lowest BCUT2D eigenvalue weighted by molar-refractivity contribution is -0.116. The van der Waals surface area contributed by atoms with E-state index in [0.29, 0.717) is 0 Å². The predicted molar refractivity (Wildman–Crippen MR) is 66.1 cm³/mol. The van der Waals surface area contributed by atoms with Gasteiger partial charge in [-0.2, -0.15) is 0 Å². The fourth-order valence-electron chi connectivity index (χ4n) is 1.81. The number of carbonyl (C=O) groups excluding carboxylic acids is 1. The maximum atomic E-state index is 11.6. The first-order chi connectivity index (χ1) is 7.68. The normalized spacial score (nSPS) is 20.1. The van der Waals surface area contributed by atoms with E-state index in [2.05, 4.69) is 5.32 Å². The molecule has 1 aromatic carbocycles. The van der Waals surface area contributed by atoms with Crippen LogP contribution in [0.1, 0.15) is 13.8 Å². The van der Waals surface area contributed by atoms with Crippen LogP contribution in [0.4, 0.5) is 5.69 Å². The Balaban J connectivity index is 2.27. The number of nitrogens with one attached hydrogen (secondary N) is 1. The highest BCUT2D eigenvalue weighted by Crippen LogP contribution is 2.24. The van der Waals surface area contributed by atoms with Crippen LogP contribution in [0.25, 0.3) is 0 Å². The molecule has 0 heterocycles. The number of carbonyl (C=O) groups is 1. The number of benzene rings is 1. The number of anilines is 1. The van der Waals surface area contributed by atoms with E-state index in [1.165, 1.54) is 0 Å². The van der Waals surface area contributed by atoms with Crippen molar-refractivity contribution in [3.8, 4) is 0 Å². The lowest BCUT2D eigenvalue weighted by atomic mass is 9.93. The fourth-order valence-corrected chi connectivity index (χ4v) is 1.81. The summed E-state index contributed by atoms with van der Waals surface area (Å²) >= 11 is 0. The molecular formula is C14H15NO. The first-order valence-corrected chi connectivity index (χ1v) is 5.43. The van der Waals surface area contributed by atoms with Gasteiger partial charge in [0.25, 0.3) is 0 Å². The van der Waals surface area contributed by atoms with Crippen LogP contribution in [0.15, 0.2) is 53.8 Å². The number of rotatable bonds is 2. The molecule has 0 amide bonds. The van der Waals surface area contributed by atoms with Gasteiger partial charge in [-0.1, -0.05) is 24.3 Å². The molecule has 82 valence electrons. The van der Waals surface area contributed by atoms with E-state index in [-0.39, 0.29) is 11.7 Å². The van der Waals surface area contributed by atoms with Gasteiger partial charge in [-0.15, -0.1) is 0 Å². The van der Waals surface area contributed by atoms with Crippen molar-refractivity contribution < 1.29 is 4.79 Å². The molecule has 2 rings (SSSR count). The van der Waals surface area contributed by atoms with E-state index < -0.39 is 0 Å². The fraction of sp³-hybridized carbons (Fsp3) is 0.214. The average molecular weight is 213 g/mol. The van der Waals surface area contributed by atoms with Crippen LogP contribution in [0.3, 0.4) is 0 Å². The Morgan fingerprint density at radius 2 is 1.81 bits per heavy atom. The highest BCUT2D eigenvalue weighted by molar-refractivity contribution is 5.96. The lowest BCUT2D eigenvalue weighted by Crippen LogP contribution is -2.20. The zero-order chi connectivity index (χ0) is 11.5. The number of hydrogen-bond donors (Lipinski definition) is 1. The second-order valence-electron chi connectivity index (χ2n) is 4.05. The SMILES string of the molecule is CC1=C(Nc2ccccc2)C(C)C(=O)C=C1. The van der Waals surface area contributed by atoms with Crippen LogP contribution in [-0.4, -0.2) is 5.78 Å². The third-order valence-electron chi connectivity index (χ3n) is 2.84. The summed E-state index contributed by atoms with van der Waals surface area (Å²) in [4.78, 5) is 11.6. The van der Waals surface area contributed by atoms with Crippen molar-refractivity contribution in [3.63, 3.8) is 0 Å². The summed E-state index contributed by atoms with van der Waals surface area (Å²) in [6, 6.07) is 9.92. The average Bonchev–Trinajstić information content (AvgIpc) is 2.31. The topological polar surface area (TPSA) is 29.1 Å². The quantitative estimate of drug-likeness (QED) is 0.817. The first-order valence-electron chi connectivity index (χ1n) is 5.43. The summed E-state index contributed by atoms with van der Waals surface area (Å²) in [7, 11) is 0. The van der Waals surface area contributed by atoms with Crippen LogP contribution >= 0.6 is 0 Å². The predicted octanol–water partition coefficient (Wildman–Crippen LogP) is 3.15. The number of ketones is 1. The molecule has 16 heavy (non-hydrogen) atoms. The van der Waals surface area contributed by atoms with Crippen molar-refractivity contribution in [1.82, 2.24) is 0 Å². The van der Waals surface area contributed by atoms with Crippen molar-refractivity contribution in [2.45, 2.75) is 13.8 Å². The van der Waals surface area contributed by atoms with E-state index in [4.69, 9.17) is 0 Å². The third kappa shape index (κ3) is 2.06. The Bertz CT molecular complexity index is 457. The van der Waals surface area contributed by atoms with Crippen molar-refractivity contribution in [2.75, 3.05) is 5.32 Å². The maximum Gasteiger partial charge on any atom is 0.164 e. The van der Waals surface area contributed by atoms with Gasteiger partial charge in [0.2, 0.25) is 0 Å². The molecule has 0 saturated heterocycles. The number of allylic oxidation sites excluding steroid dienone is 4. The molecule has 0 fully saturated rings. The molecule has 0 aromatic heterocycles. The van der Waals surface area contributed by atoms with Crippen molar-refractivity contribution in [2.24, 2.45) is 5.92 Å². The standard InChI is InChI=1S/C14H15NO/c1-10-8-9-13(16)11(2)14(10)15-12-6-4-3-5-7-12/h3-9,11,15H,1-2H3. The Hall–Kier alpha value is -1.83. The molecule has 1 aliphatic rings.